The number of hydrogen-bond acceptors (Lipinski definition) is 4. The van der Waals surface area contributed by atoms with E-state index in [-0.39, 0.29) is 16.9 Å². The quantitative estimate of drug-likeness (QED) is 0.394. The highest BCUT2D eigenvalue weighted by atomic mass is 79.9. The molecule has 8 heteroatoms. The predicted molar refractivity (Wildman–Crippen MR) is 122 cm³/mol. The number of carbonyl (C=O) groups excluding carboxylic acids is 2. The lowest BCUT2D eigenvalue weighted by Crippen LogP contribution is -2.34. The van der Waals surface area contributed by atoms with Crippen molar-refractivity contribution in [3.05, 3.63) is 58.1 Å². The van der Waals surface area contributed by atoms with Crippen LogP contribution in [0.25, 0.3) is 0 Å². The number of nitrogens with one attached hydrogen (secondary N) is 3. The molecule has 0 atom stereocenters. The molecular weight excluding hydrogens is 454 g/mol. The van der Waals surface area contributed by atoms with Crippen LogP contribution in [0.15, 0.2) is 46.9 Å². The number of amides is 2. The Morgan fingerprint density at radius 1 is 1.14 bits per heavy atom. The van der Waals surface area contributed by atoms with Gasteiger partial charge >= 0.3 is 0 Å². The van der Waals surface area contributed by atoms with Gasteiger partial charge in [0, 0.05) is 18.3 Å². The molecule has 0 spiro atoms. The van der Waals surface area contributed by atoms with Crippen molar-refractivity contribution in [3.63, 3.8) is 0 Å². The van der Waals surface area contributed by atoms with Gasteiger partial charge in [-0.05, 0) is 70.5 Å². The first-order valence-corrected chi connectivity index (χ1v) is 10.5. The van der Waals surface area contributed by atoms with Crippen LogP contribution in [0, 0.1) is 0 Å². The number of thiocarbonyl (C=S) groups is 1. The molecular formula is C21H24BrN3O3S. The summed E-state index contributed by atoms with van der Waals surface area (Å²) in [6.07, 6.45) is 2.34. The molecule has 2 aromatic carbocycles. The van der Waals surface area contributed by atoms with Gasteiger partial charge in [0.05, 0.1) is 17.5 Å². The minimum atomic E-state index is -0.320. The Kier molecular flexibility index (Phi) is 9.08. The normalized spacial score (nSPS) is 10.2. The van der Waals surface area contributed by atoms with Crippen molar-refractivity contribution in [2.75, 3.05) is 19.0 Å². The van der Waals surface area contributed by atoms with Crippen LogP contribution in [-0.4, -0.2) is 30.6 Å². The van der Waals surface area contributed by atoms with Crippen LogP contribution in [-0.2, 0) is 11.2 Å². The Hall–Kier alpha value is -2.45. The summed E-state index contributed by atoms with van der Waals surface area (Å²) < 4.78 is 6.39. The molecule has 2 amide bonds. The van der Waals surface area contributed by atoms with Crippen molar-refractivity contribution in [2.45, 2.75) is 26.2 Å². The van der Waals surface area contributed by atoms with Crippen LogP contribution >= 0.6 is 28.1 Å². The molecule has 6 nitrogen and oxygen atoms in total. The van der Waals surface area contributed by atoms with Gasteiger partial charge in [0.1, 0.15) is 5.75 Å². The Labute approximate surface area is 184 Å². The molecule has 154 valence electrons. The molecule has 0 unspecified atom stereocenters. The second kappa shape index (κ2) is 11.5. The SMILES string of the molecule is CCCCOc1ccc(C(=O)NC(=S)Nc2ccc(CC(=O)NC)cc2)cc1Br. The lowest BCUT2D eigenvalue weighted by molar-refractivity contribution is -0.119. The van der Waals surface area contributed by atoms with Crippen LogP contribution in [0.4, 0.5) is 5.69 Å². The molecule has 0 saturated heterocycles. The monoisotopic (exact) mass is 477 g/mol. The molecule has 0 heterocycles. The molecule has 0 aliphatic carbocycles. The number of halogens is 1. The lowest BCUT2D eigenvalue weighted by atomic mass is 10.1. The van der Waals surface area contributed by atoms with Crippen molar-refractivity contribution in [2.24, 2.45) is 0 Å². The summed E-state index contributed by atoms with van der Waals surface area (Å²) in [6, 6.07) is 12.4. The van der Waals surface area contributed by atoms with Crippen LogP contribution in [0.5, 0.6) is 5.75 Å². The molecule has 2 rings (SSSR count). The summed E-state index contributed by atoms with van der Waals surface area (Å²) in [5.41, 5.74) is 2.07. The predicted octanol–water partition coefficient (Wildman–Crippen LogP) is 4.04. The first-order chi connectivity index (χ1) is 13.9. The lowest BCUT2D eigenvalue weighted by Gasteiger charge is -2.12. The van der Waals surface area contributed by atoms with Gasteiger partial charge in [-0.1, -0.05) is 25.5 Å². The Morgan fingerprint density at radius 3 is 2.48 bits per heavy atom. The van der Waals surface area contributed by atoms with E-state index in [0.29, 0.717) is 28.8 Å². The highest BCUT2D eigenvalue weighted by Crippen LogP contribution is 2.26. The molecule has 0 aromatic heterocycles. The highest BCUT2D eigenvalue weighted by Gasteiger charge is 2.11. The van der Waals surface area contributed by atoms with Crippen molar-refractivity contribution in [1.29, 1.82) is 0 Å². The zero-order chi connectivity index (χ0) is 21.2. The molecule has 0 saturated carbocycles. The summed E-state index contributed by atoms with van der Waals surface area (Å²) in [7, 11) is 1.60. The number of rotatable bonds is 8. The molecule has 0 aliphatic rings. The second-order valence-electron chi connectivity index (χ2n) is 6.30. The first-order valence-electron chi connectivity index (χ1n) is 9.27. The summed E-state index contributed by atoms with van der Waals surface area (Å²) in [6.45, 7) is 2.73. The van der Waals surface area contributed by atoms with Crippen molar-refractivity contribution >= 4 is 50.8 Å². The number of ether oxygens (including phenoxy) is 1. The van der Waals surface area contributed by atoms with Crippen LogP contribution in [0.2, 0.25) is 0 Å². The van der Waals surface area contributed by atoms with E-state index < -0.39 is 0 Å². The zero-order valence-electron chi connectivity index (χ0n) is 16.4. The minimum absolute atomic E-state index is 0.0542. The van der Waals surface area contributed by atoms with Crippen LogP contribution < -0.4 is 20.7 Å². The number of benzene rings is 2. The third-order valence-corrected chi connectivity index (χ3v) is 4.86. The largest absolute Gasteiger partial charge is 0.492 e. The van der Waals surface area contributed by atoms with Crippen LogP contribution in [0.3, 0.4) is 0 Å². The summed E-state index contributed by atoms with van der Waals surface area (Å²) in [4.78, 5) is 23.8. The van der Waals surface area contributed by atoms with Gasteiger partial charge in [0.2, 0.25) is 5.91 Å². The van der Waals surface area contributed by atoms with E-state index >= 15 is 0 Å². The standard InChI is InChI=1S/C21H24BrN3O3S/c1-3-4-11-28-18-10-7-15(13-17(18)22)20(27)25-21(29)24-16-8-5-14(6-9-16)12-19(26)23-2/h5-10,13H,3-4,11-12H2,1-2H3,(H,23,26)(H2,24,25,27,29). The van der Waals surface area contributed by atoms with Gasteiger partial charge in [0.15, 0.2) is 5.11 Å². The van der Waals surface area contributed by atoms with E-state index in [4.69, 9.17) is 17.0 Å². The van der Waals surface area contributed by atoms with E-state index in [0.717, 1.165) is 24.1 Å². The number of carbonyl (C=O) groups is 2. The number of anilines is 1. The first kappa shape index (κ1) is 22.8. The van der Waals surface area contributed by atoms with Gasteiger partial charge in [0.25, 0.3) is 5.91 Å². The van der Waals surface area contributed by atoms with Crippen molar-refractivity contribution in [3.8, 4) is 5.75 Å². The molecule has 0 fully saturated rings. The molecule has 0 radical (unpaired) electrons. The van der Waals surface area contributed by atoms with E-state index in [1.807, 2.05) is 12.1 Å². The average Bonchev–Trinajstić information content (AvgIpc) is 2.70. The summed E-state index contributed by atoms with van der Waals surface area (Å²) >= 11 is 8.65. The Balaban J connectivity index is 1.90. The van der Waals surface area contributed by atoms with Gasteiger partial charge in [-0.25, -0.2) is 0 Å². The Morgan fingerprint density at radius 2 is 1.86 bits per heavy atom. The molecule has 3 N–H and O–H groups in total. The molecule has 2 aromatic rings. The third kappa shape index (κ3) is 7.47. The van der Waals surface area contributed by atoms with Gasteiger partial charge in [-0.3, -0.25) is 14.9 Å². The minimum Gasteiger partial charge on any atom is -0.492 e. The fourth-order valence-corrected chi connectivity index (χ4v) is 3.11. The topological polar surface area (TPSA) is 79.5 Å². The maximum atomic E-state index is 12.4. The smallest absolute Gasteiger partial charge is 0.257 e. The molecule has 0 bridgehead atoms. The van der Waals surface area contributed by atoms with Crippen molar-refractivity contribution in [1.82, 2.24) is 10.6 Å². The molecule has 29 heavy (non-hydrogen) atoms. The average molecular weight is 478 g/mol. The summed E-state index contributed by atoms with van der Waals surface area (Å²) in [5.74, 6) is 0.327. The third-order valence-electron chi connectivity index (χ3n) is 4.03. The van der Waals surface area contributed by atoms with Gasteiger partial charge in [-0.15, -0.1) is 0 Å². The van der Waals surface area contributed by atoms with Gasteiger partial charge < -0.3 is 15.4 Å². The number of unbranched alkanes of at least 4 members (excludes halogenated alkanes) is 1. The zero-order valence-corrected chi connectivity index (χ0v) is 18.8. The maximum absolute atomic E-state index is 12.4. The number of likely N-dealkylation sites (N-methyl/N-ethyl adjacent to an activating group) is 1. The Bertz CT molecular complexity index is 872. The molecule has 0 aliphatic heterocycles. The second-order valence-corrected chi connectivity index (χ2v) is 7.56. The maximum Gasteiger partial charge on any atom is 0.257 e. The van der Waals surface area contributed by atoms with E-state index in [2.05, 4.69) is 38.8 Å². The fraction of sp³-hybridized carbons (Fsp3) is 0.286. The van der Waals surface area contributed by atoms with Gasteiger partial charge in [-0.2, -0.15) is 0 Å². The number of hydrogen-bond donors (Lipinski definition) is 3. The van der Waals surface area contributed by atoms with Crippen LogP contribution in [0.1, 0.15) is 35.7 Å². The van der Waals surface area contributed by atoms with Crippen molar-refractivity contribution < 1.29 is 14.3 Å². The summed E-state index contributed by atoms with van der Waals surface area (Å²) in [5, 5.41) is 8.39. The fourth-order valence-electron chi connectivity index (χ4n) is 2.40. The van der Waals surface area contributed by atoms with E-state index in [1.54, 1.807) is 37.4 Å². The van der Waals surface area contributed by atoms with E-state index in [9.17, 15) is 9.59 Å². The highest BCUT2D eigenvalue weighted by molar-refractivity contribution is 9.10. The van der Waals surface area contributed by atoms with E-state index in [1.165, 1.54) is 0 Å².